The Morgan fingerprint density at radius 3 is 2.40 bits per heavy atom. The van der Waals surface area contributed by atoms with E-state index in [-0.39, 0.29) is 6.04 Å². The third kappa shape index (κ3) is 3.44. The summed E-state index contributed by atoms with van der Waals surface area (Å²) in [5.74, 6) is 2.39. The van der Waals surface area contributed by atoms with Gasteiger partial charge in [0.15, 0.2) is 0 Å². The van der Waals surface area contributed by atoms with E-state index in [1.807, 2.05) is 6.07 Å². The van der Waals surface area contributed by atoms with Crippen molar-refractivity contribution in [1.82, 2.24) is 4.90 Å². The Kier molecular flexibility index (Phi) is 5.26. The second-order valence-corrected chi connectivity index (χ2v) is 5.64. The Morgan fingerprint density at radius 1 is 1.25 bits per heavy atom. The first kappa shape index (κ1) is 15.1. The molecule has 2 unspecified atom stereocenters. The Morgan fingerprint density at radius 2 is 1.90 bits per heavy atom. The average molecular weight is 278 g/mol. The van der Waals surface area contributed by atoms with E-state index in [1.165, 1.54) is 18.4 Å². The fourth-order valence-electron chi connectivity index (χ4n) is 3.03. The van der Waals surface area contributed by atoms with Crippen LogP contribution in [-0.4, -0.2) is 38.8 Å². The maximum atomic E-state index is 6.04. The lowest BCUT2D eigenvalue weighted by molar-refractivity contribution is 0.133. The molecule has 1 aromatic rings. The highest BCUT2D eigenvalue weighted by molar-refractivity contribution is 5.40. The van der Waals surface area contributed by atoms with Gasteiger partial charge in [0, 0.05) is 25.2 Å². The summed E-state index contributed by atoms with van der Waals surface area (Å²) < 4.78 is 10.7. The van der Waals surface area contributed by atoms with Gasteiger partial charge < -0.3 is 15.2 Å². The predicted molar refractivity (Wildman–Crippen MR) is 81.3 cm³/mol. The van der Waals surface area contributed by atoms with Crippen molar-refractivity contribution in [3.8, 4) is 11.5 Å². The van der Waals surface area contributed by atoms with E-state index in [2.05, 4.69) is 24.0 Å². The molecule has 1 heterocycles. The molecule has 2 N–H and O–H groups in total. The summed E-state index contributed by atoms with van der Waals surface area (Å²) in [6.07, 6.45) is 2.56. The molecule has 1 fully saturated rings. The summed E-state index contributed by atoms with van der Waals surface area (Å²) in [7, 11) is 3.36. The Balaban J connectivity index is 2.25. The minimum atomic E-state index is 0.238. The molecular formula is C16H26N2O2. The van der Waals surface area contributed by atoms with Crippen molar-refractivity contribution in [2.45, 2.75) is 25.8 Å². The largest absolute Gasteiger partial charge is 0.497 e. The summed E-state index contributed by atoms with van der Waals surface area (Å²) in [6, 6.07) is 6.27. The fraction of sp³-hybridized carbons (Fsp3) is 0.625. The standard InChI is InChI=1S/C16H26N2O2/c1-12-5-4-6-18(11-12)16(10-17)13-7-14(19-2)9-15(8-13)20-3/h7-9,12,16H,4-6,10-11,17H2,1-3H3. The van der Waals surface area contributed by atoms with E-state index < -0.39 is 0 Å². The third-order valence-electron chi connectivity index (χ3n) is 4.11. The normalized spacial score (nSPS) is 21.5. The number of ether oxygens (including phenoxy) is 2. The number of likely N-dealkylation sites (tertiary alicyclic amines) is 1. The number of piperidine rings is 1. The molecule has 0 amide bonds. The lowest BCUT2D eigenvalue weighted by atomic mass is 9.96. The van der Waals surface area contributed by atoms with Gasteiger partial charge in [0.05, 0.1) is 14.2 Å². The van der Waals surface area contributed by atoms with Crippen LogP contribution in [-0.2, 0) is 0 Å². The number of methoxy groups -OCH3 is 2. The summed E-state index contributed by atoms with van der Waals surface area (Å²) in [6.45, 7) is 5.15. The van der Waals surface area contributed by atoms with E-state index in [1.54, 1.807) is 14.2 Å². The molecule has 1 aliphatic heterocycles. The zero-order chi connectivity index (χ0) is 14.5. The smallest absolute Gasteiger partial charge is 0.122 e. The van der Waals surface area contributed by atoms with Gasteiger partial charge in [0.25, 0.3) is 0 Å². The van der Waals surface area contributed by atoms with Crippen molar-refractivity contribution in [3.05, 3.63) is 23.8 Å². The van der Waals surface area contributed by atoms with Gasteiger partial charge in [0.1, 0.15) is 11.5 Å². The predicted octanol–water partition coefficient (Wildman–Crippen LogP) is 2.44. The van der Waals surface area contributed by atoms with Crippen LogP contribution >= 0.6 is 0 Å². The van der Waals surface area contributed by atoms with Crippen molar-refractivity contribution in [1.29, 1.82) is 0 Å². The van der Waals surface area contributed by atoms with Gasteiger partial charge in [-0.2, -0.15) is 0 Å². The maximum absolute atomic E-state index is 6.04. The molecule has 0 bridgehead atoms. The molecule has 0 aliphatic carbocycles. The number of nitrogens with two attached hydrogens (primary N) is 1. The van der Waals surface area contributed by atoms with Crippen molar-refractivity contribution < 1.29 is 9.47 Å². The van der Waals surface area contributed by atoms with E-state index >= 15 is 0 Å². The maximum Gasteiger partial charge on any atom is 0.122 e. The summed E-state index contributed by atoms with van der Waals surface area (Å²) >= 11 is 0. The first-order valence-corrected chi connectivity index (χ1v) is 7.35. The molecule has 0 radical (unpaired) electrons. The fourth-order valence-corrected chi connectivity index (χ4v) is 3.03. The Hall–Kier alpha value is -1.26. The van der Waals surface area contributed by atoms with Crippen LogP contribution in [0.2, 0.25) is 0 Å². The number of rotatable bonds is 5. The summed E-state index contributed by atoms with van der Waals surface area (Å²) in [5.41, 5.74) is 7.22. The number of nitrogens with zero attached hydrogens (tertiary/aromatic N) is 1. The van der Waals surface area contributed by atoms with Gasteiger partial charge in [-0.3, -0.25) is 4.90 Å². The minimum Gasteiger partial charge on any atom is -0.497 e. The minimum absolute atomic E-state index is 0.238. The van der Waals surface area contributed by atoms with Crippen LogP contribution in [0.1, 0.15) is 31.4 Å². The molecule has 1 saturated heterocycles. The molecule has 0 aromatic heterocycles. The molecule has 112 valence electrons. The van der Waals surface area contributed by atoms with E-state index in [4.69, 9.17) is 15.2 Å². The molecule has 1 aromatic carbocycles. The van der Waals surface area contributed by atoms with Crippen LogP contribution in [0.25, 0.3) is 0 Å². The number of hydrogen-bond donors (Lipinski definition) is 1. The number of hydrogen-bond acceptors (Lipinski definition) is 4. The zero-order valence-electron chi connectivity index (χ0n) is 12.8. The van der Waals surface area contributed by atoms with Crippen LogP contribution in [0.5, 0.6) is 11.5 Å². The van der Waals surface area contributed by atoms with Crippen molar-refractivity contribution in [3.63, 3.8) is 0 Å². The van der Waals surface area contributed by atoms with Crippen LogP contribution in [0, 0.1) is 5.92 Å². The third-order valence-corrected chi connectivity index (χ3v) is 4.11. The lowest BCUT2D eigenvalue weighted by Crippen LogP contribution is -2.40. The summed E-state index contributed by atoms with van der Waals surface area (Å²) in [4.78, 5) is 2.49. The topological polar surface area (TPSA) is 47.7 Å². The highest BCUT2D eigenvalue weighted by Crippen LogP contribution is 2.31. The van der Waals surface area contributed by atoms with E-state index in [0.29, 0.717) is 6.54 Å². The Labute approximate surface area is 121 Å². The monoisotopic (exact) mass is 278 g/mol. The van der Waals surface area contributed by atoms with Crippen molar-refractivity contribution in [2.24, 2.45) is 11.7 Å². The quantitative estimate of drug-likeness (QED) is 0.898. The van der Waals surface area contributed by atoms with Gasteiger partial charge in [0.2, 0.25) is 0 Å². The molecule has 20 heavy (non-hydrogen) atoms. The van der Waals surface area contributed by atoms with Crippen molar-refractivity contribution in [2.75, 3.05) is 33.9 Å². The average Bonchev–Trinajstić information content (AvgIpc) is 2.47. The van der Waals surface area contributed by atoms with E-state index in [0.717, 1.165) is 30.5 Å². The van der Waals surface area contributed by atoms with E-state index in [9.17, 15) is 0 Å². The van der Waals surface area contributed by atoms with Crippen LogP contribution < -0.4 is 15.2 Å². The van der Waals surface area contributed by atoms with Gasteiger partial charge >= 0.3 is 0 Å². The molecule has 0 saturated carbocycles. The first-order valence-electron chi connectivity index (χ1n) is 7.35. The first-order chi connectivity index (χ1) is 9.67. The molecule has 4 heteroatoms. The zero-order valence-corrected chi connectivity index (χ0v) is 12.8. The Bertz CT molecular complexity index is 414. The van der Waals surface area contributed by atoms with Crippen LogP contribution in [0.4, 0.5) is 0 Å². The molecular weight excluding hydrogens is 252 g/mol. The second kappa shape index (κ2) is 6.95. The highest BCUT2D eigenvalue weighted by Gasteiger charge is 2.24. The summed E-state index contributed by atoms with van der Waals surface area (Å²) in [5, 5.41) is 0. The van der Waals surface area contributed by atoms with Gasteiger partial charge in [-0.05, 0) is 43.0 Å². The molecule has 1 aliphatic rings. The van der Waals surface area contributed by atoms with Crippen LogP contribution in [0.3, 0.4) is 0 Å². The second-order valence-electron chi connectivity index (χ2n) is 5.64. The number of benzene rings is 1. The highest BCUT2D eigenvalue weighted by atomic mass is 16.5. The SMILES string of the molecule is COc1cc(OC)cc(C(CN)N2CCCC(C)C2)c1. The van der Waals surface area contributed by atoms with Gasteiger partial charge in [-0.1, -0.05) is 6.92 Å². The van der Waals surface area contributed by atoms with Crippen molar-refractivity contribution >= 4 is 0 Å². The molecule has 4 nitrogen and oxygen atoms in total. The van der Waals surface area contributed by atoms with Gasteiger partial charge in [-0.15, -0.1) is 0 Å². The van der Waals surface area contributed by atoms with Gasteiger partial charge in [-0.25, -0.2) is 0 Å². The lowest BCUT2D eigenvalue weighted by Gasteiger charge is -2.37. The molecule has 0 spiro atoms. The molecule has 2 atom stereocenters. The molecule has 2 rings (SSSR count). The van der Waals surface area contributed by atoms with Crippen LogP contribution in [0.15, 0.2) is 18.2 Å².